The molecule has 128 valence electrons. The maximum absolute atomic E-state index is 12.3. The number of hydrogen-bond donors (Lipinski definition) is 2. The molecule has 2 N–H and O–H groups in total. The molecule has 0 radical (unpaired) electrons. The molecule has 4 rings (SSSR count). The number of nitrogens with zero attached hydrogens (tertiary/aromatic N) is 3. The lowest BCUT2D eigenvalue weighted by Gasteiger charge is -2.08. The van der Waals surface area contributed by atoms with Crippen molar-refractivity contribution in [1.82, 2.24) is 15.0 Å². The third-order valence-electron chi connectivity index (χ3n) is 3.88. The van der Waals surface area contributed by atoms with Crippen molar-refractivity contribution in [3.8, 4) is 0 Å². The summed E-state index contributed by atoms with van der Waals surface area (Å²) in [6.45, 7) is 0.619. The Balaban J connectivity index is 1.41. The molecule has 0 unspecified atom stereocenters. The molecule has 0 saturated carbocycles. The van der Waals surface area contributed by atoms with E-state index < -0.39 is 0 Å². The highest BCUT2D eigenvalue weighted by Crippen LogP contribution is 2.24. The predicted molar refractivity (Wildman–Crippen MR) is 103 cm³/mol. The van der Waals surface area contributed by atoms with Gasteiger partial charge in [-0.2, -0.15) is 0 Å². The molecular formula is C19H15N5OS. The first-order valence-electron chi connectivity index (χ1n) is 8.02. The normalized spacial score (nSPS) is 10.6. The van der Waals surface area contributed by atoms with Crippen LogP contribution in [0.3, 0.4) is 0 Å². The Morgan fingerprint density at radius 2 is 1.81 bits per heavy atom. The molecule has 3 heterocycles. The molecule has 7 heteroatoms. The number of carbonyl (C=O) groups excluding carboxylic acids is 1. The molecule has 4 aromatic rings. The summed E-state index contributed by atoms with van der Waals surface area (Å²) in [7, 11) is 0. The number of nitrogens with one attached hydrogen (secondary N) is 2. The van der Waals surface area contributed by atoms with Crippen LogP contribution < -0.4 is 10.6 Å². The Kier molecular flexibility index (Phi) is 4.53. The zero-order valence-electron chi connectivity index (χ0n) is 13.7. The Morgan fingerprint density at radius 3 is 2.62 bits per heavy atom. The van der Waals surface area contributed by atoms with Crippen LogP contribution in [0.4, 0.5) is 11.5 Å². The van der Waals surface area contributed by atoms with E-state index in [2.05, 4.69) is 25.6 Å². The standard InChI is InChI=1S/C19H15N5OS/c25-18(24-15-5-8-20-9-6-15)14-3-1-13(2-4-14)11-21-17-16-7-10-26-19(16)23-12-22-17/h1-10,12H,11H2,(H,20,24,25)(H,21,22,23). The van der Waals surface area contributed by atoms with E-state index in [0.717, 1.165) is 27.3 Å². The van der Waals surface area contributed by atoms with Crippen LogP contribution in [0.1, 0.15) is 15.9 Å². The Bertz CT molecular complexity index is 1030. The number of rotatable bonds is 5. The number of pyridine rings is 1. The van der Waals surface area contributed by atoms with Crippen LogP contribution in [0.25, 0.3) is 10.2 Å². The van der Waals surface area contributed by atoms with Gasteiger partial charge < -0.3 is 10.6 Å². The molecule has 0 aliphatic carbocycles. The number of aromatic nitrogens is 3. The summed E-state index contributed by atoms with van der Waals surface area (Å²) in [5.74, 6) is 0.669. The van der Waals surface area contributed by atoms with E-state index in [-0.39, 0.29) is 5.91 Å². The molecule has 0 bridgehead atoms. The first-order valence-corrected chi connectivity index (χ1v) is 8.90. The van der Waals surface area contributed by atoms with Crippen LogP contribution in [0, 0.1) is 0 Å². The first kappa shape index (κ1) is 16.2. The Morgan fingerprint density at radius 1 is 1.00 bits per heavy atom. The minimum absolute atomic E-state index is 0.147. The zero-order chi connectivity index (χ0) is 17.8. The first-order chi connectivity index (χ1) is 12.8. The molecule has 0 spiro atoms. The second kappa shape index (κ2) is 7.28. The number of thiophene rings is 1. The van der Waals surface area contributed by atoms with Gasteiger partial charge in [-0.3, -0.25) is 9.78 Å². The van der Waals surface area contributed by atoms with Gasteiger partial charge in [0.1, 0.15) is 17.0 Å². The molecule has 0 saturated heterocycles. The number of hydrogen-bond acceptors (Lipinski definition) is 6. The number of carbonyl (C=O) groups is 1. The second-order valence-corrected chi connectivity index (χ2v) is 6.50. The van der Waals surface area contributed by atoms with Gasteiger partial charge in [0, 0.05) is 30.2 Å². The Labute approximate surface area is 154 Å². The summed E-state index contributed by atoms with van der Waals surface area (Å²) in [6, 6.07) is 13.0. The monoisotopic (exact) mass is 361 g/mol. The van der Waals surface area contributed by atoms with Crippen molar-refractivity contribution in [1.29, 1.82) is 0 Å². The van der Waals surface area contributed by atoms with Crippen molar-refractivity contribution in [3.05, 3.63) is 77.7 Å². The molecular weight excluding hydrogens is 346 g/mol. The van der Waals surface area contributed by atoms with Crippen molar-refractivity contribution in [3.63, 3.8) is 0 Å². The lowest BCUT2D eigenvalue weighted by molar-refractivity contribution is 0.102. The summed E-state index contributed by atoms with van der Waals surface area (Å²) in [5, 5.41) is 9.19. The van der Waals surface area contributed by atoms with Gasteiger partial charge in [-0.1, -0.05) is 12.1 Å². The molecule has 1 aromatic carbocycles. The number of benzene rings is 1. The van der Waals surface area contributed by atoms with Crippen molar-refractivity contribution in [2.24, 2.45) is 0 Å². The highest BCUT2D eigenvalue weighted by molar-refractivity contribution is 7.16. The minimum atomic E-state index is -0.147. The van der Waals surface area contributed by atoms with Gasteiger partial charge in [-0.15, -0.1) is 11.3 Å². The van der Waals surface area contributed by atoms with E-state index in [1.807, 2.05) is 35.7 Å². The van der Waals surface area contributed by atoms with Crippen molar-refractivity contribution in [2.45, 2.75) is 6.54 Å². The smallest absolute Gasteiger partial charge is 0.255 e. The van der Waals surface area contributed by atoms with Crippen molar-refractivity contribution < 1.29 is 4.79 Å². The average Bonchev–Trinajstić information content (AvgIpc) is 3.17. The number of anilines is 2. The maximum atomic E-state index is 12.3. The molecule has 0 aliphatic heterocycles. The van der Waals surface area contributed by atoms with Crippen LogP contribution in [-0.2, 0) is 6.54 Å². The molecule has 26 heavy (non-hydrogen) atoms. The van der Waals surface area contributed by atoms with Gasteiger partial charge in [0.2, 0.25) is 0 Å². The summed E-state index contributed by atoms with van der Waals surface area (Å²) in [6.07, 6.45) is 4.84. The third kappa shape index (κ3) is 3.52. The summed E-state index contributed by atoms with van der Waals surface area (Å²) < 4.78 is 0. The number of fused-ring (bicyclic) bond motifs is 1. The topological polar surface area (TPSA) is 79.8 Å². The van der Waals surface area contributed by atoms with Crippen LogP contribution in [0.15, 0.2) is 66.6 Å². The fourth-order valence-corrected chi connectivity index (χ4v) is 3.26. The molecule has 0 atom stereocenters. The predicted octanol–water partition coefficient (Wildman–Crippen LogP) is 3.95. The largest absolute Gasteiger partial charge is 0.365 e. The van der Waals surface area contributed by atoms with Crippen molar-refractivity contribution >= 4 is 39.0 Å². The number of amides is 1. The van der Waals surface area contributed by atoms with E-state index in [9.17, 15) is 4.79 Å². The summed E-state index contributed by atoms with van der Waals surface area (Å²) >= 11 is 1.59. The van der Waals surface area contributed by atoms with Gasteiger partial charge in [0.15, 0.2) is 0 Å². The molecule has 0 fully saturated rings. The van der Waals surface area contributed by atoms with Crippen LogP contribution in [0.2, 0.25) is 0 Å². The molecule has 6 nitrogen and oxygen atoms in total. The summed E-state index contributed by atoms with van der Waals surface area (Å²) in [4.78, 5) is 25.7. The molecule has 3 aromatic heterocycles. The Hall–Kier alpha value is -3.32. The van der Waals surface area contributed by atoms with E-state index in [1.54, 1.807) is 42.2 Å². The average molecular weight is 361 g/mol. The quantitative estimate of drug-likeness (QED) is 0.563. The van der Waals surface area contributed by atoms with Gasteiger partial charge in [0.25, 0.3) is 5.91 Å². The van der Waals surface area contributed by atoms with E-state index in [4.69, 9.17) is 0 Å². The third-order valence-corrected chi connectivity index (χ3v) is 4.70. The second-order valence-electron chi connectivity index (χ2n) is 5.60. The van der Waals surface area contributed by atoms with Gasteiger partial charge in [-0.05, 0) is 41.3 Å². The lowest BCUT2D eigenvalue weighted by atomic mass is 10.1. The molecule has 0 aliphatic rings. The highest BCUT2D eigenvalue weighted by atomic mass is 32.1. The lowest BCUT2D eigenvalue weighted by Crippen LogP contribution is -2.12. The van der Waals surface area contributed by atoms with Gasteiger partial charge >= 0.3 is 0 Å². The van der Waals surface area contributed by atoms with Crippen LogP contribution >= 0.6 is 11.3 Å². The van der Waals surface area contributed by atoms with Crippen LogP contribution in [0.5, 0.6) is 0 Å². The van der Waals surface area contributed by atoms with E-state index in [0.29, 0.717) is 12.1 Å². The highest BCUT2D eigenvalue weighted by Gasteiger charge is 2.07. The van der Waals surface area contributed by atoms with Crippen molar-refractivity contribution in [2.75, 3.05) is 10.6 Å². The fourth-order valence-electron chi connectivity index (χ4n) is 2.53. The molecule has 1 amide bonds. The van der Waals surface area contributed by atoms with E-state index in [1.165, 1.54) is 0 Å². The maximum Gasteiger partial charge on any atom is 0.255 e. The SMILES string of the molecule is O=C(Nc1ccncc1)c1ccc(CNc2ncnc3sccc23)cc1. The minimum Gasteiger partial charge on any atom is -0.365 e. The van der Waals surface area contributed by atoms with Gasteiger partial charge in [0.05, 0.1) is 5.39 Å². The van der Waals surface area contributed by atoms with Crippen LogP contribution in [-0.4, -0.2) is 20.9 Å². The van der Waals surface area contributed by atoms with Gasteiger partial charge in [-0.25, -0.2) is 9.97 Å². The fraction of sp³-hybridized carbons (Fsp3) is 0.0526. The van der Waals surface area contributed by atoms with E-state index >= 15 is 0 Å². The summed E-state index contributed by atoms with van der Waals surface area (Å²) in [5.41, 5.74) is 2.39. The zero-order valence-corrected chi connectivity index (χ0v) is 14.5.